The number of nitrogens with zero attached hydrogens (tertiary/aromatic N) is 2. The summed E-state index contributed by atoms with van der Waals surface area (Å²) in [6.07, 6.45) is 0. The van der Waals surface area contributed by atoms with Crippen LogP contribution in [0.15, 0.2) is 29.3 Å². The number of ether oxygens (including phenoxy) is 1. The number of rotatable bonds is 5. The molecule has 1 heterocycles. The second kappa shape index (κ2) is 7.26. The van der Waals surface area contributed by atoms with Gasteiger partial charge in [-0.1, -0.05) is 37.6 Å². The zero-order chi connectivity index (χ0) is 19.0. The zero-order valence-corrected chi connectivity index (χ0v) is 17.1. The number of hydrogen-bond acceptors (Lipinski definition) is 4. The third-order valence-electron chi connectivity index (χ3n) is 4.80. The maximum atomic E-state index is 11.0. The SMILES string of the molecule is CC(C)[C@@H]1COC(C(C)(C)[C@@H](c2ccc(Cl)cc2)N(O)C(C)(C)C)=N1. The molecule has 4 nitrogen and oxygen atoms in total. The van der Waals surface area contributed by atoms with Crippen molar-refractivity contribution in [3.05, 3.63) is 34.9 Å². The molecule has 1 aliphatic heterocycles. The van der Waals surface area contributed by atoms with E-state index in [0.29, 0.717) is 23.4 Å². The van der Waals surface area contributed by atoms with E-state index in [0.717, 1.165) is 5.56 Å². The summed E-state index contributed by atoms with van der Waals surface area (Å²) >= 11 is 6.06. The van der Waals surface area contributed by atoms with Gasteiger partial charge in [-0.15, -0.1) is 0 Å². The first-order valence-electron chi connectivity index (χ1n) is 8.89. The molecule has 0 aliphatic carbocycles. The molecule has 140 valence electrons. The normalized spacial score (nSPS) is 20.0. The van der Waals surface area contributed by atoms with Crippen molar-refractivity contribution in [2.24, 2.45) is 16.3 Å². The first kappa shape index (κ1) is 20.2. The van der Waals surface area contributed by atoms with E-state index in [1.54, 1.807) is 0 Å². The monoisotopic (exact) mass is 366 g/mol. The Kier molecular flexibility index (Phi) is 5.87. The molecule has 2 rings (SSSR count). The molecule has 0 radical (unpaired) electrons. The van der Waals surface area contributed by atoms with Crippen molar-refractivity contribution < 1.29 is 9.94 Å². The fourth-order valence-electron chi connectivity index (χ4n) is 3.10. The quantitative estimate of drug-likeness (QED) is 0.714. The summed E-state index contributed by atoms with van der Waals surface area (Å²) in [7, 11) is 0. The number of aliphatic imine (C=N–C) groups is 1. The summed E-state index contributed by atoms with van der Waals surface area (Å²) in [6.45, 7) is 15.0. The van der Waals surface area contributed by atoms with Gasteiger partial charge in [-0.2, -0.15) is 5.06 Å². The highest BCUT2D eigenvalue weighted by atomic mass is 35.5. The van der Waals surface area contributed by atoms with Crippen LogP contribution in [0.1, 0.15) is 60.1 Å². The average molecular weight is 367 g/mol. The largest absolute Gasteiger partial charge is 0.478 e. The highest BCUT2D eigenvalue weighted by Gasteiger charge is 2.46. The topological polar surface area (TPSA) is 45.1 Å². The smallest absolute Gasteiger partial charge is 0.191 e. The summed E-state index contributed by atoms with van der Waals surface area (Å²) in [4.78, 5) is 4.82. The predicted octanol–water partition coefficient (Wildman–Crippen LogP) is 5.35. The van der Waals surface area contributed by atoms with Crippen LogP contribution in [-0.4, -0.2) is 34.4 Å². The first-order valence-corrected chi connectivity index (χ1v) is 9.27. The van der Waals surface area contributed by atoms with E-state index in [1.165, 1.54) is 5.06 Å². The van der Waals surface area contributed by atoms with Gasteiger partial charge in [0.05, 0.1) is 17.5 Å². The molecule has 0 unspecified atom stereocenters. The molecule has 0 bridgehead atoms. The Morgan fingerprint density at radius 3 is 2.16 bits per heavy atom. The summed E-state index contributed by atoms with van der Waals surface area (Å²) < 4.78 is 5.97. The van der Waals surface area contributed by atoms with Gasteiger partial charge in [0.1, 0.15) is 6.61 Å². The van der Waals surface area contributed by atoms with Crippen LogP contribution in [0.3, 0.4) is 0 Å². The van der Waals surface area contributed by atoms with Crippen molar-refractivity contribution in [1.29, 1.82) is 0 Å². The second-order valence-electron chi connectivity index (χ2n) is 8.75. The van der Waals surface area contributed by atoms with E-state index < -0.39 is 11.0 Å². The lowest BCUT2D eigenvalue weighted by molar-refractivity contribution is -0.207. The fourth-order valence-corrected chi connectivity index (χ4v) is 3.22. The minimum atomic E-state index is -0.500. The number of hydroxylamine groups is 2. The molecule has 0 spiro atoms. The molecule has 1 aliphatic rings. The summed E-state index contributed by atoms with van der Waals surface area (Å²) in [6, 6.07) is 7.48. The Morgan fingerprint density at radius 1 is 1.16 bits per heavy atom. The highest BCUT2D eigenvalue weighted by molar-refractivity contribution is 6.30. The molecule has 2 atom stereocenters. The van der Waals surface area contributed by atoms with Crippen LogP contribution in [0.25, 0.3) is 0 Å². The number of hydrogen-bond donors (Lipinski definition) is 1. The minimum Gasteiger partial charge on any atom is -0.478 e. The lowest BCUT2D eigenvalue weighted by Gasteiger charge is -2.44. The third kappa shape index (κ3) is 4.36. The van der Waals surface area contributed by atoms with E-state index >= 15 is 0 Å². The van der Waals surface area contributed by atoms with Crippen LogP contribution in [0.5, 0.6) is 0 Å². The van der Waals surface area contributed by atoms with Crippen LogP contribution in [-0.2, 0) is 4.74 Å². The van der Waals surface area contributed by atoms with Gasteiger partial charge in [0.25, 0.3) is 0 Å². The molecule has 5 heteroatoms. The molecule has 0 saturated carbocycles. The molecular formula is C20H31ClN2O2. The minimum absolute atomic E-state index is 0.168. The van der Waals surface area contributed by atoms with Crippen molar-refractivity contribution in [2.75, 3.05) is 6.61 Å². The van der Waals surface area contributed by atoms with E-state index in [-0.39, 0.29) is 12.1 Å². The number of halogens is 1. The second-order valence-corrected chi connectivity index (χ2v) is 9.18. The van der Waals surface area contributed by atoms with Crippen molar-refractivity contribution in [2.45, 2.75) is 66.1 Å². The lowest BCUT2D eigenvalue weighted by atomic mass is 9.78. The third-order valence-corrected chi connectivity index (χ3v) is 5.05. The molecule has 1 aromatic rings. The molecule has 25 heavy (non-hydrogen) atoms. The van der Waals surface area contributed by atoms with Crippen LogP contribution in [0, 0.1) is 11.3 Å². The van der Waals surface area contributed by atoms with E-state index in [1.807, 2.05) is 45.0 Å². The molecule has 0 fully saturated rings. The predicted molar refractivity (Wildman–Crippen MR) is 103 cm³/mol. The van der Waals surface area contributed by atoms with Crippen LogP contribution in [0.4, 0.5) is 0 Å². The van der Waals surface area contributed by atoms with Crippen molar-refractivity contribution >= 4 is 17.5 Å². The number of benzene rings is 1. The van der Waals surface area contributed by atoms with Gasteiger partial charge in [-0.05, 0) is 58.2 Å². The molecular weight excluding hydrogens is 336 g/mol. The Hall–Kier alpha value is -1.10. The zero-order valence-electron chi connectivity index (χ0n) is 16.4. The van der Waals surface area contributed by atoms with Crippen LogP contribution < -0.4 is 0 Å². The van der Waals surface area contributed by atoms with Crippen LogP contribution >= 0.6 is 11.6 Å². The Labute approximate surface area is 156 Å². The Morgan fingerprint density at radius 2 is 1.72 bits per heavy atom. The maximum absolute atomic E-state index is 11.0. The van der Waals surface area contributed by atoms with Gasteiger partial charge in [-0.25, -0.2) is 4.99 Å². The summed E-state index contributed by atoms with van der Waals surface area (Å²) in [5.41, 5.74) is 0.0450. The Bertz CT molecular complexity index is 618. The van der Waals surface area contributed by atoms with Gasteiger partial charge < -0.3 is 9.94 Å². The van der Waals surface area contributed by atoms with Crippen molar-refractivity contribution in [3.63, 3.8) is 0 Å². The van der Waals surface area contributed by atoms with E-state index in [9.17, 15) is 5.21 Å². The van der Waals surface area contributed by atoms with Gasteiger partial charge in [0, 0.05) is 10.6 Å². The average Bonchev–Trinajstić information content (AvgIpc) is 2.99. The summed E-state index contributed by atoms with van der Waals surface area (Å²) in [5.74, 6) is 1.13. The maximum Gasteiger partial charge on any atom is 0.191 e. The van der Waals surface area contributed by atoms with Gasteiger partial charge in [0.15, 0.2) is 5.90 Å². The van der Waals surface area contributed by atoms with Crippen LogP contribution in [0.2, 0.25) is 5.02 Å². The molecule has 1 aromatic carbocycles. The Balaban J connectivity index is 2.47. The van der Waals surface area contributed by atoms with Gasteiger partial charge >= 0.3 is 0 Å². The molecule has 1 N–H and O–H groups in total. The van der Waals surface area contributed by atoms with Crippen molar-refractivity contribution in [3.8, 4) is 0 Å². The van der Waals surface area contributed by atoms with Crippen molar-refractivity contribution in [1.82, 2.24) is 5.06 Å². The van der Waals surface area contributed by atoms with E-state index in [4.69, 9.17) is 21.3 Å². The van der Waals surface area contributed by atoms with E-state index in [2.05, 4.69) is 27.7 Å². The molecule has 0 saturated heterocycles. The lowest BCUT2D eigenvalue weighted by Crippen LogP contribution is -2.49. The van der Waals surface area contributed by atoms with Gasteiger partial charge in [-0.3, -0.25) is 0 Å². The summed E-state index contributed by atoms with van der Waals surface area (Å²) in [5, 5.41) is 13.1. The first-order chi connectivity index (χ1) is 11.4. The molecule has 0 amide bonds. The molecule has 0 aromatic heterocycles. The fraction of sp³-hybridized carbons (Fsp3) is 0.650. The highest BCUT2D eigenvalue weighted by Crippen LogP contribution is 2.43. The van der Waals surface area contributed by atoms with Gasteiger partial charge in [0.2, 0.25) is 0 Å². The standard InChI is InChI=1S/C20H31ClN2O2/c1-13(2)16-12-25-18(22-16)20(6,7)17(23(24)19(3,4)5)14-8-10-15(21)11-9-14/h8-11,13,16-17,24H,12H2,1-7H3/t16-,17+/m0/s1.